The molecule has 0 bridgehead atoms. The van der Waals surface area contributed by atoms with Gasteiger partial charge in [0.25, 0.3) is 5.91 Å². The van der Waals surface area contributed by atoms with E-state index in [1.807, 2.05) is 18.2 Å². The molecular weight excluding hydrogens is 326 g/mol. The molecule has 1 fully saturated rings. The molecule has 0 saturated carbocycles. The zero-order chi connectivity index (χ0) is 15.8. The maximum absolute atomic E-state index is 11.6. The number of hydrogen-bond acceptors (Lipinski definition) is 5. The van der Waals surface area contributed by atoms with Crippen LogP contribution < -0.4 is 5.32 Å². The highest BCUT2D eigenvalue weighted by Gasteiger charge is 2.16. The molecule has 0 spiro atoms. The van der Waals surface area contributed by atoms with Crippen LogP contribution in [0.5, 0.6) is 0 Å². The number of hydrogen-bond donors (Lipinski definition) is 1. The zero-order valence-electron chi connectivity index (χ0n) is 12.0. The summed E-state index contributed by atoms with van der Waals surface area (Å²) in [5, 5.41) is 3.29. The molecule has 1 heterocycles. The molecule has 1 aliphatic rings. The molecule has 0 aliphatic carbocycles. The largest absolute Gasteiger partial charge is 0.455 e. The lowest BCUT2D eigenvalue weighted by molar-refractivity contribution is -0.146. The van der Waals surface area contributed by atoms with E-state index in [1.54, 1.807) is 6.07 Å². The predicted octanol–water partition coefficient (Wildman–Crippen LogP) is 2.27. The Morgan fingerprint density at radius 3 is 2.95 bits per heavy atom. The number of carbonyl (C=O) groups is 2. The summed E-state index contributed by atoms with van der Waals surface area (Å²) in [5.74, 6) is -0.647. The zero-order valence-corrected chi connectivity index (χ0v) is 13.6. The summed E-state index contributed by atoms with van der Waals surface area (Å²) in [6.07, 6.45) is 2.05. The molecule has 1 amide bonds. The average molecular weight is 344 g/mol. The van der Waals surface area contributed by atoms with Crippen LogP contribution in [0.25, 0.3) is 0 Å². The number of rotatable bonds is 7. The Bertz CT molecular complexity index is 520. The first-order valence-corrected chi connectivity index (χ1v) is 8.43. The van der Waals surface area contributed by atoms with Gasteiger partial charge >= 0.3 is 5.97 Å². The molecule has 7 heteroatoms. The Morgan fingerprint density at radius 1 is 1.41 bits per heavy atom. The Labute approximate surface area is 138 Å². The quantitative estimate of drug-likeness (QED) is 0.607. The fourth-order valence-corrected chi connectivity index (χ4v) is 3.01. The summed E-state index contributed by atoms with van der Waals surface area (Å²) in [6, 6.07) is 7.25. The van der Waals surface area contributed by atoms with Gasteiger partial charge in [0, 0.05) is 18.0 Å². The molecule has 1 aliphatic heterocycles. The molecule has 1 saturated heterocycles. The van der Waals surface area contributed by atoms with Crippen LogP contribution in [0.2, 0.25) is 5.02 Å². The Hall–Kier alpha value is -1.24. The van der Waals surface area contributed by atoms with E-state index in [-0.39, 0.29) is 24.4 Å². The van der Waals surface area contributed by atoms with Crippen LogP contribution in [-0.4, -0.2) is 43.5 Å². The second kappa shape index (κ2) is 9.02. The summed E-state index contributed by atoms with van der Waals surface area (Å²) in [4.78, 5) is 24.0. The smallest absolute Gasteiger partial charge is 0.316 e. The second-order valence-electron chi connectivity index (χ2n) is 4.82. The van der Waals surface area contributed by atoms with Gasteiger partial charge in [-0.1, -0.05) is 23.7 Å². The minimum absolute atomic E-state index is 0.0791. The van der Waals surface area contributed by atoms with Crippen molar-refractivity contribution < 1.29 is 19.1 Å². The second-order valence-corrected chi connectivity index (χ2v) is 6.24. The van der Waals surface area contributed by atoms with Crippen LogP contribution in [0.4, 0.5) is 0 Å². The highest BCUT2D eigenvalue weighted by molar-refractivity contribution is 8.00. The number of thioether (sulfide) groups is 1. The molecule has 1 atom stereocenters. The summed E-state index contributed by atoms with van der Waals surface area (Å²) >= 11 is 7.27. The number of benzene rings is 1. The maximum Gasteiger partial charge on any atom is 0.316 e. The van der Waals surface area contributed by atoms with E-state index in [0.29, 0.717) is 11.6 Å². The van der Waals surface area contributed by atoms with E-state index in [9.17, 15) is 9.59 Å². The summed E-state index contributed by atoms with van der Waals surface area (Å²) in [6.45, 7) is 0.939. The molecule has 0 unspecified atom stereocenters. The number of nitrogens with one attached hydrogen (secondary N) is 1. The van der Waals surface area contributed by atoms with E-state index in [1.165, 1.54) is 11.8 Å². The predicted molar refractivity (Wildman–Crippen MR) is 85.1 cm³/mol. The van der Waals surface area contributed by atoms with E-state index >= 15 is 0 Å². The standard InChI is InChI=1S/C15H18ClNO4S/c16-12-5-1-2-6-13(12)22-10-15(19)21-9-14(18)17-8-11-4-3-7-20-11/h1-2,5-6,11H,3-4,7-10H2,(H,17,18)/t11-/m0/s1. The van der Waals surface area contributed by atoms with Crippen LogP contribution in [0, 0.1) is 0 Å². The van der Waals surface area contributed by atoms with Crippen molar-refractivity contribution in [2.75, 3.05) is 25.5 Å². The molecule has 1 aromatic carbocycles. The summed E-state index contributed by atoms with van der Waals surface area (Å²) in [7, 11) is 0. The normalized spacial score (nSPS) is 17.2. The van der Waals surface area contributed by atoms with E-state index < -0.39 is 5.97 Å². The molecular formula is C15H18ClNO4S. The first-order valence-electron chi connectivity index (χ1n) is 7.06. The Kier molecular flexibility index (Phi) is 7.02. The van der Waals surface area contributed by atoms with Crippen molar-refractivity contribution in [3.8, 4) is 0 Å². The van der Waals surface area contributed by atoms with Crippen molar-refractivity contribution in [3.63, 3.8) is 0 Å². The SMILES string of the molecule is O=C(COC(=O)CSc1ccccc1Cl)NC[C@@H]1CCCO1. The van der Waals surface area contributed by atoms with Crippen LogP contribution in [0.3, 0.4) is 0 Å². The topological polar surface area (TPSA) is 64.6 Å². The third-order valence-electron chi connectivity index (χ3n) is 3.10. The first-order chi connectivity index (χ1) is 10.6. The fourth-order valence-electron chi connectivity index (χ4n) is 1.97. The van der Waals surface area contributed by atoms with Gasteiger partial charge in [-0.05, 0) is 25.0 Å². The summed E-state index contributed by atoms with van der Waals surface area (Å²) < 4.78 is 10.3. The molecule has 22 heavy (non-hydrogen) atoms. The van der Waals surface area contributed by atoms with Crippen molar-refractivity contribution in [2.24, 2.45) is 0 Å². The van der Waals surface area contributed by atoms with Crippen molar-refractivity contribution in [1.29, 1.82) is 0 Å². The van der Waals surface area contributed by atoms with Gasteiger partial charge in [-0.15, -0.1) is 11.8 Å². The van der Waals surface area contributed by atoms with Gasteiger partial charge < -0.3 is 14.8 Å². The van der Waals surface area contributed by atoms with Gasteiger partial charge in [0.15, 0.2) is 6.61 Å². The van der Waals surface area contributed by atoms with Crippen molar-refractivity contribution in [1.82, 2.24) is 5.32 Å². The van der Waals surface area contributed by atoms with E-state index in [4.69, 9.17) is 21.1 Å². The van der Waals surface area contributed by atoms with E-state index in [2.05, 4.69) is 5.32 Å². The molecule has 0 radical (unpaired) electrons. The molecule has 1 aromatic rings. The lowest BCUT2D eigenvalue weighted by Gasteiger charge is -2.11. The molecule has 1 N–H and O–H groups in total. The third-order valence-corrected chi connectivity index (χ3v) is 4.59. The summed E-state index contributed by atoms with van der Waals surface area (Å²) in [5.41, 5.74) is 0. The average Bonchev–Trinajstić information content (AvgIpc) is 3.03. The van der Waals surface area contributed by atoms with Crippen LogP contribution in [-0.2, 0) is 19.1 Å². The van der Waals surface area contributed by atoms with Crippen molar-refractivity contribution >= 4 is 35.2 Å². The van der Waals surface area contributed by atoms with Crippen LogP contribution >= 0.6 is 23.4 Å². The number of amides is 1. The molecule has 5 nitrogen and oxygen atoms in total. The Morgan fingerprint density at radius 2 is 2.23 bits per heavy atom. The van der Waals surface area contributed by atoms with Gasteiger partial charge in [0.2, 0.25) is 0 Å². The van der Waals surface area contributed by atoms with Crippen LogP contribution in [0.1, 0.15) is 12.8 Å². The molecule has 120 valence electrons. The number of esters is 1. The fraction of sp³-hybridized carbons (Fsp3) is 0.467. The minimum Gasteiger partial charge on any atom is -0.455 e. The highest BCUT2D eigenvalue weighted by atomic mass is 35.5. The third kappa shape index (κ3) is 5.87. The lowest BCUT2D eigenvalue weighted by atomic mass is 10.2. The van der Waals surface area contributed by atoms with Gasteiger partial charge in [-0.2, -0.15) is 0 Å². The monoisotopic (exact) mass is 343 g/mol. The number of carbonyl (C=O) groups excluding carboxylic acids is 2. The lowest BCUT2D eigenvalue weighted by Crippen LogP contribution is -2.35. The molecule has 2 rings (SSSR count). The van der Waals surface area contributed by atoms with E-state index in [0.717, 1.165) is 24.3 Å². The highest BCUT2D eigenvalue weighted by Crippen LogP contribution is 2.26. The minimum atomic E-state index is -0.447. The molecule has 0 aromatic heterocycles. The maximum atomic E-state index is 11.6. The van der Waals surface area contributed by atoms with Crippen molar-refractivity contribution in [2.45, 2.75) is 23.8 Å². The number of halogens is 1. The van der Waals surface area contributed by atoms with Gasteiger partial charge in [0.05, 0.1) is 16.9 Å². The van der Waals surface area contributed by atoms with Gasteiger partial charge in [-0.25, -0.2) is 0 Å². The van der Waals surface area contributed by atoms with Crippen LogP contribution in [0.15, 0.2) is 29.2 Å². The first kappa shape index (κ1) is 17.1. The Balaban J connectivity index is 1.60. The van der Waals surface area contributed by atoms with Gasteiger partial charge in [0.1, 0.15) is 0 Å². The number of ether oxygens (including phenoxy) is 2. The van der Waals surface area contributed by atoms with Gasteiger partial charge in [-0.3, -0.25) is 9.59 Å². The van der Waals surface area contributed by atoms with Crippen molar-refractivity contribution in [3.05, 3.63) is 29.3 Å².